The molecule has 0 aliphatic carbocycles. The third-order valence-corrected chi connectivity index (χ3v) is 5.21. The lowest BCUT2D eigenvalue weighted by Crippen LogP contribution is -2.48. The van der Waals surface area contributed by atoms with Gasteiger partial charge in [0.15, 0.2) is 0 Å². The number of ether oxygens (including phenoxy) is 2. The van der Waals surface area contributed by atoms with E-state index in [1.165, 1.54) is 0 Å². The molecule has 0 saturated carbocycles. The molecule has 0 amide bonds. The number of aliphatic hydroxyl groups excluding tert-OH is 1. The highest BCUT2D eigenvalue weighted by atomic mass is 35.5. The molecule has 0 radical (unpaired) electrons. The van der Waals surface area contributed by atoms with Crippen LogP contribution in [0.5, 0.6) is 11.5 Å². The Morgan fingerprint density at radius 1 is 1.09 bits per heavy atom. The van der Waals surface area contributed by atoms with Gasteiger partial charge >= 0.3 is 5.97 Å². The van der Waals surface area contributed by atoms with Crippen LogP contribution in [0.3, 0.4) is 0 Å². The second kappa shape index (κ2) is 12.6. The summed E-state index contributed by atoms with van der Waals surface area (Å²) in [5, 5.41) is 22.2. The summed E-state index contributed by atoms with van der Waals surface area (Å²) >= 11 is 5.65. The maximum Gasteiger partial charge on any atom is 0.321 e. The molecule has 0 aliphatic rings. The van der Waals surface area contributed by atoms with Crippen LogP contribution in [0.4, 0.5) is 4.39 Å². The molecule has 0 aliphatic heterocycles. The molecular weight excluding hydrogens is 437 g/mol. The maximum atomic E-state index is 12.3. The lowest BCUT2D eigenvalue weighted by atomic mass is 9.92. The topological polar surface area (TPSA) is 88.0 Å². The maximum absolute atomic E-state index is 12.3. The van der Waals surface area contributed by atoms with E-state index in [1.807, 2.05) is 50.2 Å². The lowest BCUT2D eigenvalue weighted by molar-refractivity contribution is -0.140. The Labute approximate surface area is 193 Å². The van der Waals surface area contributed by atoms with E-state index in [2.05, 4.69) is 5.32 Å². The molecular formula is C24H31ClFNO5. The summed E-state index contributed by atoms with van der Waals surface area (Å²) in [6.07, 6.45) is -0.0885. The molecule has 0 spiro atoms. The average molecular weight is 468 g/mol. The molecule has 0 bridgehead atoms. The summed E-state index contributed by atoms with van der Waals surface area (Å²) in [6.45, 7) is 3.35. The van der Waals surface area contributed by atoms with Gasteiger partial charge in [-0.05, 0) is 62.1 Å². The minimum atomic E-state index is -1.16. The van der Waals surface area contributed by atoms with E-state index < -0.39 is 30.3 Å². The first kappa shape index (κ1) is 25.9. The van der Waals surface area contributed by atoms with Crippen LogP contribution in [0.2, 0.25) is 0 Å². The molecule has 2 rings (SSSR count). The second-order valence-electron chi connectivity index (χ2n) is 8.04. The number of rotatable bonds is 14. The van der Waals surface area contributed by atoms with Crippen molar-refractivity contribution in [3.05, 3.63) is 59.7 Å². The number of carbonyl (C=O) groups is 1. The van der Waals surface area contributed by atoms with Gasteiger partial charge in [-0.15, -0.1) is 11.6 Å². The van der Waals surface area contributed by atoms with Crippen molar-refractivity contribution in [3.63, 3.8) is 0 Å². The van der Waals surface area contributed by atoms with E-state index in [-0.39, 0.29) is 6.61 Å². The Morgan fingerprint density at radius 3 is 2.25 bits per heavy atom. The molecule has 0 unspecified atom stereocenters. The third kappa shape index (κ3) is 8.30. The van der Waals surface area contributed by atoms with Gasteiger partial charge in [-0.1, -0.05) is 24.3 Å². The van der Waals surface area contributed by atoms with Gasteiger partial charge in [0.05, 0.1) is 6.61 Å². The number of alkyl halides is 2. The summed E-state index contributed by atoms with van der Waals surface area (Å²) in [4.78, 5) is 11.9. The molecule has 6 nitrogen and oxygen atoms in total. The molecule has 2 aromatic rings. The summed E-state index contributed by atoms with van der Waals surface area (Å²) in [7, 11) is 0. The first-order valence-corrected chi connectivity index (χ1v) is 11.0. The molecule has 0 saturated heterocycles. The van der Waals surface area contributed by atoms with Gasteiger partial charge in [0.1, 0.15) is 36.9 Å². The van der Waals surface area contributed by atoms with Crippen LogP contribution in [0.25, 0.3) is 0 Å². The highest BCUT2D eigenvalue weighted by Crippen LogP contribution is 2.24. The number of carboxylic acids is 1. The summed E-state index contributed by atoms with van der Waals surface area (Å²) in [6, 6.07) is 13.6. The fourth-order valence-corrected chi connectivity index (χ4v) is 3.23. The molecule has 8 heteroatoms. The van der Waals surface area contributed by atoms with Crippen LogP contribution in [0.1, 0.15) is 31.4 Å². The second-order valence-corrected chi connectivity index (χ2v) is 8.42. The van der Waals surface area contributed by atoms with Crippen molar-refractivity contribution in [2.45, 2.75) is 44.4 Å². The summed E-state index contributed by atoms with van der Waals surface area (Å²) in [5.41, 5.74) is 1.11. The first-order chi connectivity index (χ1) is 15.2. The lowest BCUT2D eigenvalue weighted by Gasteiger charge is -2.31. The fraction of sp³-hybridized carbons (Fsp3) is 0.458. The van der Waals surface area contributed by atoms with E-state index in [4.69, 9.17) is 21.1 Å². The van der Waals surface area contributed by atoms with Gasteiger partial charge in [-0.2, -0.15) is 0 Å². The van der Waals surface area contributed by atoms with Gasteiger partial charge in [0.25, 0.3) is 0 Å². The predicted octanol–water partition coefficient (Wildman–Crippen LogP) is 3.92. The minimum Gasteiger partial charge on any atom is -0.494 e. The number of nitrogens with one attached hydrogen (secondary N) is 1. The number of aliphatic hydroxyl groups is 1. The van der Waals surface area contributed by atoms with Crippen molar-refractivity contribution in [1.29, 1.82) is 0 Å². The standard InChI is InChI=1S/C24H31ClFNO5/c1-24(2,18-6-10-21(11-7-18)32-16-19(28)15-26)27-22(23(29)30)14-17-4-8-20(9-5-17)31-13-3-12-25/h4-11,19,22,27-28H,3,12-16H2,1-2H3,(H,29,30)/t19-,22-/m0/s1. The average Bonchev–Trinajstić information content (AvgIpc) is 2.78. The number of hydrogen-bond donors (Lipinski definition) is 3. The zero-order valence-corrected chi connectivity index (χ0v) is 19.1. The van der Waals surface area contributed by atoms with Gasteiger partial charge in [-0.25, -0.2) is 4.39 Å². The molecule has 2 aromatic carbocycles. The first-order valence-electron chi connectivity index (χ1n) is 10.5. The van der Waals surface area contributed by atoms with Crippen LogP contribution in [-0.4, -0.2) is 54.1 Å². The van der Waals surface area contributed by atoms with Crippen LogP contribution < -0.4 is 14.8 Å². The Bertz CT molecular complexity index is 829. The fourth-order valence-electron chi connectivity index (χ4n) is 3.13. The molecule has 0 heterocycles. The highest BCUT2D eigenvalue weighted by Gasteiger charge is 2.28. The van der Waals surface area contributed by atoms with Crippen molar-refractivity contribution in [1.82, 2.24) is 5.32 Å². The highest BCUT2D eigenvalue weighted by molar-refractivity contribution is 6.17. The smallest absolute Gasteiger partial charge is 0.321 e. The summed E-state index contributed by atoms with van der Waals surface area (Å²) < 4.78 is 23.3. The van der Waals surface area contributed by atoms with Gasteiger partial charge in [0.2, 0.25) is 0 Å². The number of benzene rings is 2. The van der Waals surface area contributed by atoms with E-state index in [0.29, 0.717) is 24.7 Å². The normalized spacial score (nSPS) is 13.4. The zero-order chi connectivity index (χ0) is 23.6. The van der Waals surface area contributed by atoms with Crippen LogP contribution in [0.15, 0.2) is 48.5 Å². The molecule has 32 heavy (non-hydrogen) atoms. The molecule has 2 atom stereocenters. The quantitative estimate of drug-likeness (QED) is 0.288. The van der Waals surface area contributed by atoms with Crippen molar-refractivity contribution >= 4 is 17.6 Å². The predicted molar refractivity (Wildman–Crippen MR) is 122 cm³/mol. The number of hydrogen-bond acceptors (Lipinski definition) is 5. The Kier molecular flexibility index (Phi) is 10.2. The Morgan fingerprint density at radius 2 is 1.69 bits per heavy atom. The van der Waals surface area contributed by atoms with Gasteiger partial charge in [0, 0.05) is 11.4 Å². The van der Waals surface area contributed by atoms with E-state index in [1.54, 1.807) is 12.1 Å². The molecule has 176 valence electrons. The monoisotopic (exact) mass is 467 g/mol. The van der Waals surface area contributed by atoms with E-state index in [0.717, 1.165) is 23.3 Å². The van der Waals surface area contributed by atoms with Crippen molar-refractivity contribution < 1.29 is 28.9 Å². The largest absolute Gasteiger partial charge is 0.494 e. The number of aliphatic carboxylic acids is 1. The number of halogens is 2. The van der Waals surface area contributed by atoms with Crippen molar-refractivity contribution in [3.8, 4) is 11.5 Å². The zero-order valence-electron chi connectivity index (χ0n) is 18.4. The van der Waals surface area contributed by atoms with Crippen LogP contribution >= 0.6 is 11.6 Å². The third-order valence-electron chi connectivity index (χ3n) is 4.94. The molecule has 0 aromatic heterocycles. The van der Waals surface area contributed by atoms with Gasteiger partial charge in [-0.3, -0.25) is 10.1 Å². The Balaban J connectivity index is 2.00. The summed E-state index contributed by atoms with van der Waals surface area (Å²) in [5.74, 6) is 0.818. The van der Waals surface area contributed by atoms with E-state index in [9.17, 15) is 19.4 Å². The Hall–Kier alpha value is -2.35. The van der Waals surface area contributed by atoms with Crippen molar-refractivity contribution in [2.75, 3.05) is 25.8 Å². The van der Waals surface area contributed by atoms with Gasteiger partial charge < -0.3 is 19.7 Å². The van der Waals surface area contributed by atoms with E-state index >= 15 is 0 Å². The van der Waals surface area contributed by atoms with Crippen molar-refractivity contribution in [2.24, 2.45) is 0 Å². The number of carboxylic acid groups (broad SMARTS) is 1. The minimum absolute atomic E-state index is 0.130. The molecule has 3 N–H and O–H groups in total. The SMILES string of the molecule is CC(C)(N[C@@H](Cc1ccc(OCCCCl)cc1)C(=O)O)c1ccc(OC[C@@H](O)CF)cc1. The van der Waals surface area contributed by atoms with Crippen LogP contribution in [-0.2, 0) is 16.8 Å². The van der Waals surface area contributed by atoms with Crippen LogP contribution in [0, 0.1) is 0 Å². The molecule has 0 fully saturated rings.